The van der Waals surface area contributed by atoms with E-state index in [0.717, 1.165) is 5.56 Å². The van der Waals surface area contributed by atoms with Crippen LogP contribution in [0.15, 0.2) is 42.5 Å². The standard InChI is InChI=1S/C16H16N2O4/c1-10-14(4-3-5-15(10)18(21)22)16(20)17-13-8-6-12(7-9-13)11(2)19/h3-9,11,19H,1-2H3,(H,17,20)/t11-/m0/s1. The van der Waals surface area contributed by atoms with Gasteiger partial charge in [0.2, 0.25) is 0 Å². The molecule has 0 heterocycles. The monoisotopic (exact) mass is 300 g/mol. The van der Waals surface area contributed by atoms with Crippen LogP contribution in [0.3, 0.4) is 0 Å². The van der Waals surface area contributed by atoms with Gasteiger partial charge in [0.05, 0.1) is 11.0 Å². The van der Waals surface area contributed by atoms with Crippen molar-refractivity contribution in [1.82, 2.24) is 0 Å². The highest BCUT2D eigenvalue weighted by Crippen LogP contribution is 2.22. The average Bonchev–Trinajstić information content (AvgIpc) is 2.47. The molecule has 0 spiro atoms. The van der Waals surface area contributed by atoms with Crippen LogP contribution in [0.25, 0.3) is 0 Å². The van der Waals surface area contributed by atoms with Crippen molar-refractivity contribution < 1.29 is 14.8 Å². The number of hydrogen-bond donors (Lipinski definition) is 2. The van der Waals surface area contributed by atoms with E-state index in [2.05, 4.69) is 5.32 Å². The Labute approximate surface area is 127 Å². The highest BCUT2D eigenvalue weighted by molar-refractivity contribution is 6.05. The Balaban J connectivity index is 2.22. The summed E-state index contributed by atoms with van der Waals surface area (Å²) in [5.41, 5.74) is 1.79. The van der Waals surface area contributed by atoms with Gasteiger partial charge in [-0.05, 0) is 37.6 Å². The lowest BCUT2D eigenvalue weighted by atomic mass is 10.1. The van der Waals surface area contributed by atoms with Gasteiger partial charge in [0.1, 0.15) is 0 Å². The zero-order valence-corrected chi connectivity index (χ0v) is 12.2. The van der Waals surface area contributed by atoms with Crippen molar-refractivity contribution in [3.8, 4) is 0 Å². The maximum atomic E-state index is 12.2. The molecule has 114 valence electrons. The zero-order chi connectivity index (χ0) is 16.3. The molecular formula is C16H16N2O4. The molecule has 0 saturated carbocycles. The molecule has 1 atom stereocenters. The summed E-state index contributed by atoms with van der Waals surface area (Å²) in [5.74, 6) is -0.411. The fraction of sp³-hybridized carbons (Fsp3) is 0.188. The SMILES string of the molecule is Cc1c(C(=O)Nc2ccc([C@H](C)O)cc2)cccc1[N+](=O)[O-]. The summed E-state index contributed by atoms with van der Waals surface area (Å²) in [4.78, 5) is 22.6. The topological polar surface area (TPSA) is 92.5 Å². The molecule has 2 N–H and O–H groups in total. The van der Waals surface area contributed by atoms with Gasteiger partial charge in [0.15, 0.2) is 0 Å². The highest BCUT2D eigenvalue weighted by Gasteiger charge is 2.17. The van der Waals surface area contributed by atoms with Gasteiger partial charge in [-0.1, -0.05) is 18.2 Å². The maximum absolute atomic E-state index is 12.2. The van der Waals surface area contributed by atoms with Gasteiger partial charge in [0, 0.05) is 22.9 Å². The quantitative estimate of drug-likeness (QED) is 0.670. The van der Waals surface area contributed by atoms with Crippen LogP contribution in [-0.2, 0) is 0 Å². The lowest BCUT2D eigenvalue weighted by Gasteiger charge is -2.09. The number of nitrogens with one attached hydrogen (secondary N) is 1. The van der Waals surface area contributed by atoms with E-state index in [9.17, 15) is 20.0 Å². The van der Waals surface area contributed by atoms with Crippen LogP contribution in [0.4, 0.5) is 11.4 Å². The second-order valence-electron chi connectivity index (χ2n) is 4.96. The second kappa shape index (κ2) is 6.36. The van der Waals surface area contributed by atoms with Crippen molar-refractivity contribution in [3.63, 3.8) is 0 Å². The Morgan fingerprint density at radius 1 is 1.23 bits per heavy atom. The summed E-state index contributed by atoms with van der Waals surface area (Å²) in [6, 6.07) is 11.2. The predicted molar refractivity (Wildman–Crippen MR) is 82.9 cm³/mol. The number of carbonyl (C=O) groups excluding carboxylic acids is 1. The summed E-state index contributed by atoms with van der Waals surface area (Å²) >= 11 is 0. The van der Waals surface area contributed by atoms with Crippen LogP contribution < -0.4 is 5.32 Å². The maximum Gasteiger partial charge on any atom is 0.273 e. The van der Waals surface area contributed by atoms with Crippen molar-refractivity contribution in [2.24, 2.45) is 0 Å². The molecule has 6 nitrogen and oxygen atoms in total. The van der Waals surface area contributed by atoms with E-state index < -0.39 is 16.9 Å². The summed E-state index contributed by atoms with van der Waals surface area (Å²) in [5, 5.41) is 23.0. The Morgan fingerprint density at radius 3 is 2.41 bits per heavy atom. The van der Waals surface area contributed by atoms with Gasteiger partial charge in [-0.25, -0.2) is 0 Å². The molecule has 0 fully saturated rings. The minimum atomic E-state index is -0.580. The van der Waals surface area contributed by atoms with E-state index in [0.29, 0.717) is 11.3 Å². The Morgan fingerprint density at radius 2 is 1.86 bits per heavy atom. The number of nitro groups is 1. The van der Waals surface area contributed by atoms with E-state index in [-0.39, 0.29) is 11.3 Å². The van der Waals surface area contributed by atoms with E-state index in [1.165, 1.54) is 12.1 Å². The van der Waals surface area contributed by atoms with Gasteiger partial charge in [-0.3, -0.25) is 14.9 Å². The fourth-order valence-corrected chi connectivity index (χ4v) is 2.11. The molecule has 2 aromatic rings. The van der Waals surface area contributed by atoms with E-state index in [1.807, 2.05) is 0 Å². The first-order valence-electron chi connectivity index (χ1n) is 6.73. The third-order valence-electron chi connectivity index (χ3n) is 3.40. The molecule has 22 heavy (non-hydrogen) atoms. The molecule has 2 aromatic carbocycles. The number of anilines is 1. The Bertz CT molecular complexity index is 709. The van der Waals surface area contributed by atoms with E-state index in [4.69, 9.17) is 0 Å². The molecule has 2 rings (SSSR count). The van der Waals surface area contributed by atoms with Crippen LogP contribution in [0.1, 0.15) is 34.5 Å². The third kappa shape index (κ3) is 3.29. The molecule has 6 heteroatoms. The lowest BCUT2D eigenvalue weighted by Crippen LogP contribution is -2.14. The normalized spacial score (nSPS) is 11.8. The molecule has 0 saturated heterocycles. The molecule has 0 aliphatic carbocycles. The zero-order valence-electron chi connectivity index (χ0n) is 12.2. The minimum absolute atomic E-state index is 0.0860. The number of aliphatic hydroxyl groups is 1. The summed E-state index contributed by atoms with van der Waals surface area (Å²) in [6.45, 7) is 3.20. The molecule has 0 radical (unpaired) electrons. The number of aliphatic hydroxyl groups excluding tert-OH is 1. The van der Waals surface area contributed by atoms with Crippen molar-refractivity contribution in [2.45, 2.75) is 20.0 Å². The summed E-state index contributed by atoms with van der Waals surface area (Å²) < 4.78 is 0. The number of carbonyl (C=O) groups is 1. The number of rotatable bonds is 4. The third-order valence-corrected chi connectivity index (χ3v) is 3.40. The van der Waals surface area contributed by atoms with Crippen molar-refractivity contribution in [3.05, 3.63) is 69.3 Å². The first kappa shape index (κ1) is 15.7. The van der Waals surface area contributed by atoms with E-state index >= 15 is 0 Å². The number of amides is 1. The van der Waals surface area contributed by atoms with Crippen LogP contribution in [0, 0.1) is 17.0 Å². The Kier molecular flexibility index (Phi) is 4.53. The Hall–Kier alpha value is -2.73. The summed E-state index contributed by atoms with van der Waals surface area (Å²) in [6.07, 6.45) is -0.580. The number of nitrogens with zero attached hydrogens (tertiary/aromatic N) is 1. The average molecular weight is 300 g/mol. The van der Waals surface area contributed by atoms with Crippen molar-refractivity contribution in [1.29, 1.82) is 0 Å². The lowest BCUT2D eigenvalue weighted by molar-refractivity contribution is -0.385. The van der Waals surface area contributed by atoms with Crippen LogP contribution in [-0.4, -0.2) is 15.9 Å². The van der Waals surface area contributed by atoms with Crippen LogP contribution in [0.2, 0.25) is 0 Å². The van der Waals surface area contributed by atoms with Gasteiger partial charge in [0.25, 0.3) is 11.6 Å². The number of nitro benzene ring substituents is 1. The van der Waals surface area contributed by atoms with Gasteiger partial charge >= 0.3 is 0 Å². The van der Waals surface area contributed by atoms with Gasteiger partial charge in [-0.15, -0.1) is 0 Å². The smallest absolute Gasteiger partial charge is 0.273 e. The van der Waals surface area contributed by atoms with Crippen molar-refractivity contribution in [2.75, 3.05) is 5.32 Å². The number of benzene rings is 2. The first-order chi connectivity index (χ1) is 10.4. The molecule has 0 aliphatic rings. The van der Waals surface area contributed by atoms with Gasteiger partial charge < -0.3 is 10.4 Å². The van der Waals surface area contributed by atoms with Crippen LogP contribution >= 0.6 is 0 Å². The van der Waals surface area contributed by atoms with Gasteiger partial charge in [-0.2, -0.15) is 0 Å². The molecular weight excluding hydrogens is 284 g/mol. The molecule has 0 aliphatic heterocycles. The minimum Gasteiger partial charge on any atom is -0.389 e. The largest absolute Gasteiger partial charge is 0.389 e. The summed E-state index contributed by atoms with van der Waals surface area (Å²) in [7, 11) is 0. The fourth-order valence-electron chi connectivity index (χ4n) is 2.11. The van der Waals surface area contributed by atoms with Crippen LogP contribution in [0.5, 0.6) is 0 Å². The molecule has 0 aromatic heterocycles. The number of hydrogen-bond acceptors (Lipinski definition) is 4. The second-order valence-corrected chi connectivity index (χ2v) is 4.96. The molecule has 1 amide bonds. The molecule has 0 bridgehead atoms. The van der Waals surface area contributed by atoms with E-state index in [1.54, 1.807) is 44.2 Å². The van der Waals surface area contributed by atoms with Crippen molar-refractivity contribution >= 4 is 17.3 Å². The predicted octanol–water partition coefficient (Wildman–Crippen LogP) is 3.21. The molecule has 0 unspecified atom stereocenters. The first-order valence-corrected chi connectivity index (χ1v) is 6.73. The highest BCUT2D eigenvalue weighted by atomic mass is 16.6.